The molecule has 15 heavy (non-hydrogen) atoms. The van der Waals surface area contributed by atoms with Crippen LogP contribution in [0.1, 0.15) is 18.4 Å². The minimum absolute atomic E-state index is 0.248. The third-order valence-electron chi connectivity index (χ3n) is 2.23. The topological polar surface area (TPSA) is 29.1 Å². The number of rotatable bonds is 6. The molecule has 0 atom stereocenters. The molecule has 0 aromatic heterocycles. The van der Waals surface area contributed by atoms with Crippen molar-refractivity contribution < 1.29 is 4.79 Å². The molecule has 0 saturated heterocycles. The minimum Gasteiger partial charge on any atom is -0.320 e. The summed E-state index contributed by atoms with van der Waals surface area (Å²) in [4.78, 5) is 11.6. The van der Waals surface area contributed by atoms with Crippen molar-refractivity contribution in [3.05, 3.63) is 34.9 Å². The lowest BCUT2D eigenvalue weighted by atomic mass is 10.1. The van der Waals surface area contributed by atoms with Gasteiger partial charge in [0.05, 0.1) is 0 Å². The fraction of sp³-hybridized carbons (Fsp3) is 0.417. The molecule has 1 aromatic rings. The summed E-state index contributed by atoms with van der Waals surface area (Å²) in [5.41, 5.74) is 0.925. The van der Waals surface area contributed by atoms with E-state index in [1.165, 1.54) is 0 Å². The van der Waals surface area contributed by atoms with Gasteiger partial charge in [0.1, 0.15) is 5.78 Å². The predicted molar refractivity (Wildman–Crippen MR) is 63.3 cm³/mol. The molecule has 1 N–H and O–H groups in total. The lowest BCUT2D eigenvalue weighted by Crippen LogP contribution is -2.11. The van der Waals surface area contributed by atoms with Crippen LogP contribution in [-0.4, -0.2) is 19.4 Å². The Bertz CT molecular complexity index is 325. The van der Waals surface area contributed by atoms with Gasteiger partial charge in [-0.1, -0.05) is 29.8 Å². The van der Waals surface area contributed by atoms with Crippen molar-refractivity contribution >= 4 is 17.4 Å². The summed E-state index contributed by atoms with van der Waals surface area (Å²) in [7, 11) is 1.89. The normalized spacial score (nSPS) is 10.3. The van der Waals surface area contributed by atoms with E-state index in [0.717, 1.165) is 18.5 Å². The fourth-order valence-corrected chi connectivity index (χ4v) is 1.61. The second kappa shape index (κ2) is 6.59. The molecule has 1 aromatic carbocycles. The Kier molecular flexibility index (Phi) is 5.37. The zero-order valence-electron chi connectivity index (χ0n) is 8.92. The minimum atomic E-state index is 0.248. The summed E-state index contributed by atoms with van der Waals surface area (Å²) >= 11 is 5.97. The van der Waals surface area contributed by atoms with Crippen molar-refractivity contribution in [2.75, 3.05) is 13.6 Å². The maximum Gasteiger partial charge on any atom is 0.137 e. The van der Waals surface area contributed by atoms with E-state index in [1.807, 2.05) is 31.3 Å². The summed E-state index contributed by atoms with van der Waals surface area (Å²) in [6.45, 7) is 0.883. The number of ketones is 1. The van der Waals surface area contributed by atoms with Crippen LogP contribution in [0.25, 0.3) is 0 Å². The SMILES string of the molecule is CNCCCC(=O)Cc1ccccc1Cl. The first-order valence-corrected chi connectivity index (χ1v) is 5.51. The van der Waals surface area contributed by atoms with Gasteiger partial charge >= 0.3 is 0 Å². The molecule has 0 bridgehead atoms. The smallest absolute Gasteiger partial charge is 0.137 e. The van der Waals surface area contributed by atoms with Crippen molar-refractivity contribution in [2.24, 2.45) is 0 Å². The third-order valence-corrected chi connectivity index (χ3v) is 2.60. The van der Waals surface area contributed by atoms with Gasteiger partial charge in [0.25, 0.3) is 0 Å². The summed E-state index contributed by atoms with van der Waals surface area (Å²) in [5, 5.41) is 3.70. The maximum atomic E-state index is 11.6. The van der Waals surface area contributed by atoms with Crippen molar-refractivity contribution in [3.63, 3.8) is 0 Å². The van der Waals surface area contributed by atoms with E-state index in [1.54, 1.807) is 0 Å². The summed E-state index contributed by atoms with van der Waals surface area (Å²) in [5.74, 6) is 0.248. The van der Waals surface area contributed by atoms with Crippen LogP contribution in [0.4, 0.5) is 0 Å². The van der Waals surface area contributed by atoms with Gasteiger partial charge < -0.3 is 5.32 Å². The van der Waals surface area contributed by atoms with Crippen LogP contribution < -0.4 is 5.32 Å². The van der Waals surface area contributed by atoms with Crippen molar-refractivity contribution in [1.82, 2.24) is 5.32 Å². The molecule has 0 radical (unpaired) electrons. The van der Waals surface area contributed by atoms with Gasteiger partial charge in [0.2, 0.25) is 0 Å². The molecule has 0 fully saturated rings. The molecule has 82 valence electrons. The third kappa shape index (κ3) is 4.45. The average molecular weight is 226 g/mol. The van der Waals surface area contributed by atoms with Gasteiger partial charge in [0.15, 0.2) is 0 Å². The Balaban J connectivity index is 2.41. The number of halogens is 1. The first-order valence-electron chi connectivity index (χ1n) is 5.13. The first-order chi connectivity index (χ1) is 7.24. The van der Waals surface area contributed by atoms with E-state index in [2.05, 4.69) is 5.32 Å². The molecule has 0 aliphatic rings. The molecule has 0 heterocycles. The van der Waals surface area contributed by atoms with Crippen LogP contribution in [0.5, 0.6) is 0 Å². The van der Waals surface area contributed by atoms with Crippen LogP contribution in [-0.2, 0) is 11.2 Å². The Morgan fingerprint density at radius 3 is 2.80 bits per heavy atom. The van der Waals surface area contributed by atoms with E-state index in [9.17, 15) is 4.79 Å². The van der Waals surface area contributed by atoms with E-state index in [0.29, 0.717) is 17.9 Å². The highest BCUT2D eigenvalue weighted by atomic mass is 35.5. The number of Topliss-reactive ketones (excluding diaryl/α,β-unsaturated/α-hetero) is 1. The van der Waals surface area contributed by atoms with Crippen molar-refractivity contribution in [2.45, 2.75) is 19.3 Å². The lowest BCUT2D eigenvalue weighted by molar-refractivity contribution is -0.118. The molecular weight excluding hydrogens is 210 g/mol. The van der Waals surface area contributed by atoms with E-state index in [-0.39, 0.29) is 5.78 Å². The van der Waals surface area contributed by atoms with Crippen LogP contribution >= 0.6 is 11.6 Å². The van der Waals surface area contributed by atoms with Gasteiger partial charge in [0, 0.05) is 17.9 Å². The predicted octanol–water partition coefficient (Wildman–Crippen LogP) is 2.45. The molecule has 2 nitrogen and oxygen atoms in total. The zero-order chi connectivity index (χ0) is 11.1. The van der Waals surface area contributed by atoms with Crippen molar-refractivity contribution in [3.8, 4) is 0 Å². The standard InChI is InChI=1S/C12H16ClNO/c1-14-8-4-6-11(15)9-10-5-2-3-7-12(10)13/h2-3,5,7,14H,4,6,8-9H2,1H3. The molecular formula is C12H16ClNO. The molecule has 3 heteroatoms. The van der Waals surface area contributed by atoms with Gasteiger partial charge in [-0.25, -0.2) is 0 Å². The lowest BCUT2D eigenvalue weighted by Gasteiger charge is -2.03. The Hall–Kier alpha value is -0.860. The number of nitrogens with one attached hydrogen (secondary N) is 1. The molecule has 0 aliphatic carbocycles. The second-order valence-electron chi connectivity index (χ2n) is 3.51. The highest BCUT2D eigenvalue weighted by molar-refractivity contribution is 6.31. The summed E-state index contributed by atoms with van der Waals surface area (Å²) < 4.78 is 0. The van der Waals surface area contributed by atoms with Crippen LogP contribution in [0, 0.1) is 0 Å². The Morgan fingerprint density at radius 1 is 1.40 bits per heavy atom. The highest BCUT2D eigenvalue weighted by Gasteiger charge is 2.05. The fourth-order valence-electron chi connectivity index (χ4n) is 1.40. The Morgan fingerprint density at radius 2 is 2.13 bits per heavy atom. The number of carbonyl (C=O) groups is 1. The molecule has 0 saturated carbocycles. The van der Waals surface area contributed by atoms with Crippen LogP contribution in [0.3, 0.4) is 0 Å². The number of benzene rings is 1. The van der Waals surface area contributed by atoms with Crippen LogP contribution in [0.2, 0.25) is 5.02 Å². The molecule has 0 aliphatic heterocycles. The molecule has 0 spiro atoms. The van der Waals surface area contributed by atoms with E-state index in [4.69, 9.17) is 11.6 Å². The van der Waals surface area contributed by atoms with E-state index < -0.39 is 0 Å². The molecule has 0 unspecified atom stereocenters. The van der Waals surface area contributed by atoms with Crippen molar-refractivity contribution in [1.29, 1.82) is 0 Å². The summed E-state index contributed by atoms with van der Waals surface area (Å²) in [6, 6.07) is 7.50. The number of carbonyl (C=O) groups excluding carboxylic acids is 1. The molecule has 0 amide bonds. The van der Waals surface area contributed by atoms with Gasteiger partial charge in [-0.3, -0.25) is 4.79 Å². The summed E-state index contributed by atoms with van der Waals surface area (Å²) in [6.07, 6.45) is 1.95. The Labute approximate surface area is 95.6 Å². The van der Waals surface area contributed by atoms with Gasteiger partial charge in [-0.15, -0.1) is 0 Å². The van der Waals surface area contributed by atoms with Crippen LogP contribution in [0.15, 0.2) is 24.3 Å². The van der Waals surface area contributed by atoms with Gasteiger partial charge in [-0.05, 0) is 31.6 Å². The average Bonchev–Trinajstić information content (AvgIpc) is 2.22. The molecule has 1 rings (SSSR count). The van der Waals surface area contributed by atoms with E-state index >= 15 is 0 Å². The maximum absolute atomic E-state index is 11.6. The monoisotopic (exact) mass is 225 g/mol. The van der Waals surface area contributed by atoms with Gasteiger partial charge in [-0.2, -0.15) is 0 Å². The second-order valence-corrected chi connectivity index (χ2v) is 3.92. The number of hydrogen-bond donors (Lipinski definition) is 1. The largest absolute Gasteiger partial charge is 0.320 e. The zero-order valence-corrected chi connectivity index (χ0v) is 9.68. The quantitative estimate of drug-likeness (QED) is 0.754. The number of hydrogen-bond acceptors (Lipinski definition) is 2. The highest BCUT2D eigenvalue weighted by Crippen LogP contribution is 2.16. The first kappa shape index (κ1) is 12.2.